The SMILES string of the molecule is Cc1c(Cl)cnc(NC(=O)COC(=O)COc2ccc(Br)cc2)c1Cl. The summed E-state index contributed by atoms with van der Waals surface area (Å²) >= 11 is 15.2. The number of hydrogen-bond donors (Lipinski definition) is 1. The number of rotatable bonds is 6. The van der Waals surface area contributed by atoms with Crippen molar-refractivity contribution in [1.82, 2.24) is 4.98 Å². The Morgan fingerprint density at radius 2 is 1.88 bits per heavy atom. The van der Waals surface area contributed by atoms with Crippen molar-refractivity contribution in [3.05, 3.63) is 50.5 Å². The molecule has 0 radical (unpaired) electrons. The minimum Gasteiger partial charge on any atom is -0.482 e. The van der Waals surface area contributed by atoms with Gasteiger partial charge in [0.15, 0.2) is 19.0 Å². The predicted octanol–water partition coefficient (Wildman–Crippen LogP) is 4.02. The van der Waals surface area contributed by atoms with Gasteiger partial charge in [-0.1, -0.05) is 39.1 Å². The van der Waals surface area contributed by atoms with Crippen LogP contribution in [0.5, 0.6) is 5.75 Å². The van der Waals surface area contributed by atoms with Crippen LogP contribution in [0.1, 0.15) is 5.56 Å². The van der Waals surface area contributed by atoms with Gasteiger partial charge in [0.2, 0.25) is 0 Å². The second-order valence-electron chi connectivity index (χ2n) is 4.85. The molecule has 2 aromatic rings. The molecule has 0 fully saturated rings. The van der Waals surface area contributed by atoms with Crippen molar-refractivity contribution >= 4 is 56.8 Å². The van der Waals surface area contributed by atoms with Crippen LogP contribution in [0.15, 0.2) is 34.9 Å². The summed E-state index contributed by atoms with van der Waals surface area (Å²) in [6.07, 6.45) is 1.37. The van der Waals surface area contributed by atoms with Crippen LogP contribution in [0.3, 0.4) is 0 Å². The van der Waals surface area contributed by atoms with Gasteiger partial charge in [0.25, 0.3) is 5.91 Å². The van der Waals surface area contributed by atoms with Crippen LogP contribution >= 0.6 is 39.1 Å². The third kappa shape index (κ3) is 5.88. The molecule has 0 spiro atoms. The van der Waals surface area contributed by atoms with Gasteiger partial charge in [0, 0.05) is 10.7 Å². The highest BCUT2D eigenvalue weighted by molar-refractivity contribution is 9.10. The molecule has 0 saturated carbocycles. The first-order chi connectivity index (χ1) is 11.9. The fourth-order valence-electron chi connectivity index (χ4n) is 1.67. The number of carbonyl (C=O) groups is 2. The number of nitrogens with zero attached hydrogens (tertiary/aromatic N) is 1. The van der Waals surface area contributed by atoms with Crippen molar-refractivity contribution in [2.45, 2.75) is 6.92 Å². The van der Waals surface area contributed by atoms with E-state index in [0.717, 1.165) is 4.47 Å². The van der Waals surface area contributed by atoms with Crippen LogP contribution in [0.4, 0.5) is 5.82 Å². The zero-order valence-electron chi connectivity index (χ0n) is 13.0. The molecule has 6 nitrogen and oxygen atoms in total. The van der Waals surface area contributed by atoms with E-state index in [1.165, 1.54) is 6.20 Å². The summed E-state index contributed by atoms with van der Waals surface area (Å²) in [6, 6.07) is 6.94. The molecule has 9 heteroatoms. The summed E-state index contributed by atoms with van der Waals surface area (Å²) in [5.74, 6) is -0.592. The number of carbonyl (C=O) groups excluding carboxylic acids is 2. The smallest absolute Gasteiger partial charge is 0.344 e. The molecule has 0 unspecified atom stereocenters. The summed E-state index contributed by atoms with van der Waals surface area (Å²) in [6.45, 7) is 0.900. The number of halogens is 3. The Kier molecular flexibility index (Phi) is 7.04. The van der Waals surface area contributed by atoms with E-state index in [4.69, 9.17) is 32.7 Å². The molecule has 2 rings (SSSR count). The first-order valence-corrected chi connectivity index (χ1v) is 8.56. The largest absolute Gasteiger partial charge is 0.482 e. The molecule has 0 aliphatic rings. The van der Waals surface area contributed by atoms with Crippen molar-refractivity contribution < 1.29 is 19.1 Å². The number of esters is 1. The highest BCUT2D eigenvalue weighted by atomic mass is 79.9. The molecule has 0 aliphatic heterocycles. The van der Waals surface area contributed by atoms with E-state index in [1.807, 2.05) is 0 Å². The van der Waals surface area contributed by atoms with Gasteiger partial charge in [0.05, 0.1) is 10.0 Å². The van der Waals surface area contributed by atoms with Gasteiger partial charge >= 0.3 is 5.97 Å². The van der Waals surface area contributed by atoms with E-state index < -0.39 is 18.5 Å². The Morgan fingerprint density at radius 3 is 2.56 bits per heavy atom. The summed E-state index contributed by atoms with van der Waals surface area (Å²) < 4.78 is 11.0. The molecular weight excluding hydrogens is 435 g/mol. The molecule has 0 saturated heterocycles. The summed E-state index contributed by atoms with van der Waals surface area (Å²) in [5.41, 5.74) is 0.591. The lowest BCUT2D eigenvalue weighted by Crippen LogP contribution is -2.24. The predicted molar refractivity (Wildman–Crippen MR) is 98.2 cm³/mol. The van der Waals surface area contributed by atoms with E-state index in [-0.39, 0.29) is 17.4 Å². The number of ether oxygens (including phenoxy) is 2. The average molecular weight is 448 g/mol. The highest BCUT2D eigenvalue weighted by Crippen LogP contribution is 2.28. The standard InChI is InChI=1S/C16H13BrCl2N2O4/c1-9-12(18)6-20-16(15(9)19)21-13(22)7-25-14(23)8-24-11-4-2-10(17)3-5-11/h2-6H,7-8H2,1H3,(H,20,21,22). The van der Waals surface area contributed by atoms with Crippen LogP contribution in [0, 0.1) is 6.92 Å². The van der Waals surface area contributed by atoms with E-state index in [1.54, 1.807) is 31.2 Å². The highest BCUT2D eigenvalue weighted by Gasteiger charge is 2.13. The third-order valence-corrected chi connectivity index (χ3v) is 4.37. The van der Waals surface area contributed by atoms with Crippen molar-refractivity contribution in [1.29, 1.82) is 0 Å². The molecule has 25 heavy (non-hydrogen) atoms. The number of amides is 1. The van der Waals surface area contributed by atoms with Gasteiger partial charge in [-0.25, -0.2) is 9.78 Å². The van der Waals surface area contributed by atoms with Gasteiger partial charge in [-0.15, -0.1) is 0 Å². The van der Waals surface area contributed by atoms with Crippen LogP contribution in [0.25, 0.3) is 0 Å². The van der Waals surface area contributed by atoms with Crippen LogP contribution in [-0.4, -0.2) is 30.1 Å². The van der Waals surface area contributed by atoms with Gasteiger partial charge in [0.1, 0.15) is 5.75 Å². The molecular formula is C16H13BrCl2N2O4. The number of benzene rings is 1. The molecule has 0 aliphatic carbocycles. The van der Waals surface area contributed by atoms with Crippen LogP contribution < -0.4 is 10.1 Å². The van der Waals surface area contributed by atoms with Crippen LogP contribution in [0.2, 0.25) is 10.0 Å². The molecule has 132 valence electrons. The third-order valence-electron chi connectivity index (χ3n) is 2.99. The number of pyridine rings is 1. The zero-order chi connectivity index (χ0) is 18.4. The molecule has 1 heterocycles. The monoisotopic (exact) mass is 446 g/mol. The van der Waals surface area contributed by atoms with Gasteiger partial charge in [-0.2, -0.15) is 0 Å². The maximum absolute atomic E-state index is 11.8. The van der Waals surface area contributed by atoms with Gasteiger partial charge in [-0.05, 0) is 36.8 Å². The molecule has 1 aromatic carbocycles. The summed E-state index contributed by atoms with van der Waals surface area (Å²) in [7, 11) is 0. The van der Waals surface area contributed by atoms with Gasteiger partial charge < -0.3 is 14.8 Å². The average Bonchev–Trinajstić information content (AvgIpc) is 2.60. The van der Waals surface area contributed by atoms with Gasteiger partial charge in [-0.3, -0.25) is 4.79 Å². The quantitative estimate of drug-likeness (QED) is 0.676. The molecule has 0 atom stereocenters. The lowest BCUT2D eigenvalue weighted by Gasteiger charge is -2.10. The first-order valence-electron chi connectivity index (χ1n) is 7.01. The van der Waals surface area contributed by atoms with E-state index >= 15 is 0 Å². The molecule has 1 amide bonds. The second-order valence-corrected chi connectivity index (χ2v) is 6.55. The van der Waals surface area contributed by atoms with Crippen molar-refractivity contribution in [2.75, 3.05) is 18.5 Å². The minimum atomic E-state index is -0.676. The summed E-state index contributed by atoms with van der Waals surface area (Å²) in [5, 5.41) is 3.07. The second kappa shape index (κ2) is 9.03. The topological polar surface area (TPSA) is 77.5 Å². The molecule has 1 aromatic heterocycles. The van der Waals surface area contributed by atoms with E-state index in [2.05, 4.69) is 26.2 Å². The zero-order valence-corrected chi connectivity index (χ0v) is 16.1. The lowest BCUT2D eigenvalue weighted by atomic mass is 10.3. The number of nitrogens with one attached hydrogen (secondary N) is 1. The molecule has 0 bridgehead atoms. The van der Waals surface area contributed by atoms with E-state index in [9.17, 15) is 9.59 Å². The lowest BCUT2D eigenvalue weighted by molar-refractivity contribution is -0.149. The number of aromatic nitrogens is 1. The Labute approximate surface area is 162 Å². The minimum absolute atomic E-state index is 0.149. The van der Waals surface area contributed by atoms with Crippen molar-refractivity contribution in [2.24, 2.45) is 0 Å². The maximum atomic E-state index is 11.8. The summed E-state index contributed by atoms with van der Waals surface area (Å²) in [4.78, 5) is 27.3. The normalized spacial score (nSPS) is 10.2. The molecule has 1 N–H and O–H groups in total. The first kappa shape index (κ1) is 19.5. The Balaban J connectivity index is 1.78. The fraction of sp³-hybridized carbons (Fsp3) is 0.188. The van der Waals surface area contributed by atoms with Crippen molar-refractivity contribution in [3.63, 3.8) is 0 Å². The van der Waals surface area contributed by atoms with Crippen molar-refractivity contribution in [3.8, 4) is 5.75 Å². The maximum Gasteiger partial charge on any atom is 0.344 e. The number of hydrogen-bond acceptors (Lipinski definition) is 5. The van der Waals surface area contributed by atoms with E-state index in [0.29, 0.717) is 16.3 Å². The Hall–Kier alpha value is -1.83. The Bertz CT molecular complexity index is 784. The fourth-order valence-corrected chi connectivity index (χ4v) is 2.33. The number of anilines is 1. The van der Waals surface area contributed by atoms with Crippen LogP contribution in [-0.2, 0) is 14.3 Å². The Morgan fingerprint density at radius 1 is 1.20 bits per heavy atom.